The number of benzene rings is 1. The normalized spacial score (nSPS) is 25.0. The summed E-state index contributed by atoms with van der Waals surface area (Å²) in [5.41, 5.74) is 1.14. The van der Waals surface area contributed by atoms with Crippen LogP contribution in [0.1, 0.15) is 38.7 Å². The molecule has 2 aliphatic rings. The molecule has 1 saturated heterocycles. The molecule has 1 heterocycles. The monoisotopic (exact) mass is 361 g/mol. The number of carbonyl (C=O) groups is 1. The lowest BCUT2D eigenvalue weighted by atomic mass is 9.99. The van der Waals surface area contributed by atoms with E-state index < -0.39 is 0 Å². The summed E-state index contributed by atoms with van der Waals surface area (Å²) in [5, 5.41) is 12.4. The lowest BCUT2D eigenvalue weighted by Crippen LogP contribution is -2.62. The quantitative estimate of drug-likeness (QED) is 0.814. The minimum Gasteiger partial charge on any atom is -0.494 e. The van der Waals surface area contributed by atoms with Gasteiger partial charge in [-0.2, -0.15) is 0 Å². The third kappa shape index (κ3) is 4.30. The topological polar surface area (TPSA) is 65.0 Å². The summed E-state index contributed by atoms with van der Waals surface area (Å²) >= 11 is 0. The number of aliphatic hydroxyl groups is 1. The first-order valence-corrected chi connectivity index (χ1v) is 9.58. The summed E-state index contributed by atoms with van der Waals surface area (Å²) in [4.78, 5) is 16.8. The van der Waals surface area contributed by atoms with Crippen molar-refractivity contribution in [3.63, 3.8) is 0 Å². The van der Waals surface area contributed by atoms with E-state index in [1.54, 1.807) is 0 Å². The van der Waals surface area contributed by atoms with Crippen molar-refractivity contribution < 1.29 is 14.6 Å². The molecule has 0 bridgehead atoms. The Kier molecular flexibility index (Phi) is 5.73. The highest BCUT2D eigenvalue weighted by molar-refractivity contribution is 5.75. The molecule has 144 valence electrons. The maximum Gasteiger partial charge on any atom is 0.317 e. The predicted molar refractivity (Wildman–Crippen MR) is 102 cm³/mol. The summed E-state index contributed by atoms with van der Waals surface area (Å²) in [5.74, 6) is 1.29. The van der Waals surface area contributed by atoms with Crippen molar-refractivity contribution in [1.29, 1.82) is 0 Å². The Balaban J connectivity index is 1.50. The van der Waals surface area contributed by atoms with Crippen molar-refractivity contribution >= 4 is 6.03 Å². The van der Waals surface area contributed by atoms with Crippen LogP contribution < -0.4 is 10.1 Å². The van der Waals surface area contributed by atoms with Crippen LogP contribution in [0.15, 0.2) is 24.3 Å². The van der Waals surface area contributed by atoms with E-state index >= 15 is 0 Å². The fraction of sp³-hybridized carbons (Fsp3) is 0.650. The van der Waals surface area contributed by atoms with Gasteiger partial charge in [0.05, 0.1) is 13.2 Å². The predicted octanol–water partition coefficient (Wildman–Crippen LogP) is 2.04. The molecule has 1 aliphatic heterocycles. The fourth-order valence-electron chi connectivity index (χ4n) is 3.85. The van der Waals surface area contributed by atoms with Gasteiger partial charge in [0.1, 0.15) is 5.75 Å². The van der Waals surface area contributed by atoms with Crippen molar-refractivity contribution in [3.05, 3.63) is 29.8 Å². The van der Waals surface area contributed by atoms with Crippen molar-refractivity contribution in [2.24, 2.45) is 0 Å². The molecule has 0 radical (unpaired) electrons. The summed E-state index contributed by atoms with van der Waals surface area (Å²) < 4.78 is 5.48. The first-order chi connectivity index (χ1) is 12.4. The highest BCUT2D eigenvalue weighted by atomic mass is 16.5. The van der Waals surface area contributed by atoms with Gasteiger partial charge < -0.3 is 20.1 Å². The number of carbonyl (C=O) groups excluding carboxylic acids is 1. The Morgan fingerprint density at radius 2 is 2.04 bits per heavy atom. The maximum atomic E-state index is 12.6. The number of nitrogens with one attached hydrogen (secondary N) is 1. The van der Waals surface area contributed by atoms with E-state index in [2.05, 4.69) is 36.2 Å². The van der Waals surface area contributed by atoms with Crippen LogP contribution in [0.4, 0.5) is 4.79 Å². The van der Waals surface area contributed by atoms with Gasteiger partial charge in [-0.15, -0.1) is 0 Å². The van der Waals surface area contributed by atoms with E-state index in [0.29, 0.717) is 32.2 Å². The van der Waals surface area contributed by atoms with Crippen LogP contribution in [0.3, 0.4) is 0 Å². The molecule has 1 saturated carbocycles. The minimum atomic E-state index is -0.115. The molecule has 0 spiro atoms. The van der Waals surface area contributed by atoms with E-state index in [-0.39, 0.29) is 24.2 Å². The number of hydrogen-bond donors (Lipinski definition) is 2. The molecule has 1 aliphatic carbocycles. The van der Waals surface area contributed by atoms with Gasteiger partial charge in [-0.3, -0.25) is 4.90 Å². The highest BCUT2D eigenvalue weighted by Crippen LogP contribution is 2.41. The van der Waals surface area contributed by atoms with Crippen LogP contribution in [0, 0.1) is 0 Å². The number of nitrogens with zero attached hydrogens (tertiary/aromatic N) is 2. The standard InChI is InChI=1S/C20H31N3O3/c1-4-26-16-7-5-15(6-8-16)17-13-18(17)21-19(25)22-9-10-23(11-12-24)20(2,3)14-22/h5-8,17-18,24H,4,9-14H2,1-3H3,(H,21,25)/t17-,18+/m0/s1. The molecule has 26 heavy (non-hydrogen) atoms. The van der Waals surface area contributed by atoms with Crippen LogP contribution in [0.2, 0.25) is 0 Å². The van der Waals surface area contributed by atoms with E-state index in [4.69, 9.17) is 4.74 Å². The van der Waals surface area contributed by atoms with Gasteiger partial charge in [-0.1, -0.05) is 12.1 Å². The Labute approximate surface area is 156 Å². The molecule has 6 nitrogen and oxygen atoms in total. The van der Waals surface area contributed by atoms with Crippen LogP contribution in [0.25, 0.3) is 0 Å². The number of rotatable bonds is 6. The van der Waals surface area contributed by atoms with E-state index in [1.807, 2.05) is 24.0 Å². The third-order valence-corrected chi connectivity index (χ3v) is 5.45. The number of β-amino-alcohol motifs (C(OH)–C–C–N with tert-alkyl or cyclic N) is 1. The first-order valence-electron chi connectivity index (χ1n) is 9.58. The fourth-order valence-corrected chi connectivity index (χ4v) is 3.85. The lowest BCUT2D eigenvalue weighted by Gasteiger charge is -2.46. The third-order valence-electron chi connectivity index (χ3n) is 5.45. The largest absolute Gasteiger partial charge is 0.494 e. The van der Waals surface area contributed by atoms with Crippen molar-refractivity contribution in [2.75, 3.05) is 39.4 Å². The molecule has 1 aromatic carbocycles. The molecule has 0 unspecified atom stereocenters. The lowest BCUT2D eigenvalue weighted by molar-refractivity contribution is 0.0243. The number of piperazine rings is 1. The zero-order chi connectivity index (χ0) is 18.7. The molecule has 1 aromatic rings. The van der Waals surface area contributed by atoms with Crippen molar-refractivity contribution in [1.82, 2.24) is 15.1 Å². The van der Waals surface area contributed by atoms with Gasteiger partial charge in [-0.25, -0.2) is 4.79 Å². The molecule has 2 fully saturated rings. The van der Waals surface area contributed by atoms with Gasteiger partial charge in [0, 0.05) is 43.7 Å². The van der Waals surface area contributed by atoms with Crippen molar-refractivity contribution in [3.8, 4) is 5.75 Å². The van der Waals surface area contributed by atoms with E-state index in [1.165, 1.54) is 5.56 Å². The van der Waals surface area contributed by atoms with Gasteiger partial charge in [0.15, 0.2) is 0 Å². The van der Waals surface area contributed by atoms with Gasteiger partial charge in [0.2, 0.25) is 0 Å². The van der Waals surface area contributed by atoms with Crippen LogP contribution in [-0.2, 0) is 0 Å². The van der Waals surface area contributed by atoms with E-state index in [0.717, 1.165) is 18.7 Å². The second-order valence-electron chi connectivity index (χ2n) is 7.84. The molecule has 2 amide bonds. The number of ether oxygens (including phenoxy) is 1. The zero-order valence-electron chi connectivity index (χ0n) is 16.1. The second kappa shape index (κ2) is 7.84. The number of amides is 2. The minimum absolute atomic E-state index is 0.0279. The molecule has 3 rings (SSSR count). The Morgan fingerprint density at radius 1 is 1.31 bits per heavy atom. The Bertz CT molecular complexity index is 617. The average molecular weight is 361 g/mol. The Morgan fingerprint density at radius 3 is 2.65 bits per heavy atom. The van der Waals surface area contributed by atoms with Crippen molar-refractivity contribution in [2.45, 2.75) is 44.7 Å². The molecule has 6 heteroatoms. The summed E-state index contributed by atoms with van der Waals surface area (Å²) in [6.07, 6.45) is 0.994. The smallest absolute Gasteiger partial charge is 0.317 e. The van der Waals surface area contributed by atoms with Crippen LogP contribution in [-0.4, -0.2) is 71.9 Å². The number of urea groups is 1. The molecule has 2 N–H and O–H groups in total. The molecular formula is C20H31N3O3. The van der Waals surface area contributed by atoms with Crippen LogP contribution in [0.5, 0.6) is 5.75 Å². The second-order valence-corrected chi connectivity index (χ2v) is 7.84. The summed E-state index contributed by atoms with van der Waals surface area (Å²) in [7, 11) is 0. The van der Waals surface area contributed by atoms with E-state index in [9.17, 15) is 9.90 Å². The van der Waals surface area contributed by atoms with Gasteiger partial charge in [-0.05, 0) is 44.9 Å². The number of aliphatic hydroxyl groups excluding tert-OH is 1. The molecule has 2 atom stereocenters. The SMILES string of the molecule is CCOc1ccc([C@@H]2C[C@H]2NC(=O)N2CCN(CCO)C(C)(C)C2)cc1. The summed E-state index contributed by atoms with van der Waals surface area (Å²) in [6, 6.07) is 8.44. The average Bonchev–Trinajstić information content (AvgIpc) is 3.36. The Hall–Kier alpha value is -1.79. The maximum absolute atomic E-state index is 12.6. The van der Waals surface area contributed by atoms with Crippen LogP contribution >= 0.6 is 0 Å². The van der Waals surface area contributed by atoms with Gasteiger partial charge in [0.25, 0.3) is 0 Å². The molecular weight excluding hydrogens is 330 g/mol. The highest BCUT2D eigenvalue weighted by Gasteiger charge is 2.42. The molecule has 0 aromatic heterocycles. The summed E-state index contributed by atoms with van der Waals surface area (Å²) in [6.45, 7) is 9.90. The van der Waals surface area contributed by atoms with Gasteiger partial charge >= 0.3 is 6.03 Å². The first kappa shape index (κ1) is 19.0. The zero-order valence-corrected chi connectivity index (χ0v) is 16.1. The number of hydrogen-bond acceptors (Lipinski definition) is 4.